The van der Waals surface area contributed by atoms with Gasteiger partial charge in [0, 0.05) is 42.8 Å². The number of amides is 1. The van der Waals surface area contributed by atoms with Crippen LogP contribution in [-0.2, 0) is 0 Å². The number of rotatable bonds is 4. The molecule has 0 saturated carbocycles. The molecule has 160 valence electrons. The topological polar surface area (TPSA) is 92.7 Å². The maximum absolute atomic E-state index is 13.3. The van der Waals surface area contributed by atoms with Gasteiger partial charge in [-0.25, -0.2) is 0 Å². The van der Waals surface area contributed by atoms with E-state index in [4.69, 9.17) is 27.7 Å². The van der Waals surface area contributed by atoms with Gasteiger partial charge in [-0.2, -0.15) is 0 Å². The first-order chi connectivity index (χ1) is 14.9. The van der Waals surface area contributed by atoms with Crippen molar-refractivity contribution < 1.29 is 14.2 Å². The standard InChI is InChI=1S/C21H18Cl2N4O4/c1-13-19(20(24-31-13)15-4-2-3-5-16(15)23)21(28)26-10-8-25(9-11-26)17-7-6-14(22)12-18(17)27(29)30/h2-7,12H,8-11H2,1H3. The second-order valence-electron chi connectivity index (χ2n) is 7.11. The van der Waals surface area contributed by atoms with Crippen LogP contribution in [-0.4, -0.2) is 47.1 Å². The number of carbonyl (C=O) groups excluding carboxylic acids is 1. The van der Waals surface area contributed by atoms with Crippen molar-refractivity contribution in [1.29, 1.82) is 0 Å². The van der Waals surface area contributed by atoms with Gasteiger partial charge >= 0.3 is 0 Å². The van der Waals surface area contributed by atoms with Crippen LogP contribution in [0.5, 0.6) is 0 Å². The molecule has 0 bridgehead atoms. The zero-order valence-electron chi connectivity index (χ0n) is 16.5. The van der Waals surface area contributed by atoms with Gasteiger partial charge in [0.1, 0.15) is 22.7 Å². The Hall–Kier alpha value is -3.10. The molecule has 1 amide bonds. The van der Waals surface area contributed by atoms with Crippen molar-refractivity contribution in [2.45, 2.75) is 6.92 Å². The highest BCUT2D eigenvalue weighted by molar-refractivity contribution is 6.33. The van der Waals surface area contributed by atoms with Gasteiger partial charge in [-0.05, 0) is 25.1 Å². The summed E-state index contributed by atoms with van der Waals surface area (Å²) in [6.07, 6.45) is 0. The number of hydrogen-bond acceptors (Lipinski definition) is 6. The molecule has 1 fully saturated rings. The van der Waals surface area contributed by atoms with Gasteiger partial charge in [0.05, 0.1) is 9.95 Å². The molecule has 0 radical (unpaired) electrons. The largest absolute Gasteiger partial charge is 0.362 e. The Balaban J connectivity index is 1.55. The number of nitrogens with zero attached hydrogens (tertiary/aromatic N) is 4. The monoisotopic (exact) mass is 460 g/mol. The van der Waals surface area contributed by atoms with Crippen molar-refractivity contribution in [3.05, 3.63) is 73.9 Å². The van der Waals surface area contributed by atoms with E-state index < -0.39 is 4.92 Å². The predicted molar refractivity (Wildman–Crippen MR) is 118 cm³/mol. The first-order valence-electron chi connectivity index (χ1n) is 9.56. The van der Waals surface area contributed by atoms with Crippen molar-refractivity contribution in [2.75, 3.05) is 31.1 Å². The lowest BCUT2D eigenvalue weighted by atomic mass is 10.0. The van der Waals surface area contributed by atoms with E-state index in [1.807, 2.05) is 11.0 Å². The third kappa shape index (κ3) is 4.08. The first kappa shape index (κ1) is 21.1. The molecular weight excluding hydrogens is 443 g/mol. The van der Waals surface area contributed by atoms with Crippen LogP contribution in [0.1, 0.15) is 16.1 Å². The zero-order valence-corrected chi connectivity index (χ0v) is 18.1. The fourth-order valence-corrected chi connectivity index (χ4v) is 4.07. The summed E-state index contributed by atoms with van der Waals surface area (Å²) in [5, 5.41) is 16.3. The van der Waals surface area contributed by atoms with Crippen LogP contribution in [0, 0.1) is 17.0 Å². The van der Waals surface area contributed by atoms with Crippen molar-refractivity contribution in [3.8, 4) is 11.3 Å². The number of hydrogen-bond donors (Lipinski definition) is 0. The average molecular weight is 461 g/mol. The molecule has 1 saturated heterocycles. The summed E-state index contributed by atoms with van der Waals surface area (Å²) in [6, 6.07) is 11.7. The molecule has 10 heteroatoms. The summed E-state index contributed by atoms with van der Waals surface area (Å²) in [5.74, 6) is 0.203. The smallest absolute Gasteiger partial charge is 0.294 e. The second kappa shape index (κ2) is 8.56. The maximum atomic E-state index is 13.3. The van der Waals surface area contributed by atoms with Gasteiger partial charge in [0.15, 0.2) is 0 Å². The molecule has 2 aromatic carbocycles. The normalized spacial score (nSPS) is 14.0. The number of nitro benzene ring substituents is 1. The number of aromatic nitrogens is 1. The van der Waals surface area contributed by atoms with Crippen molar-refractivity contribution in [1.82, 2.24) is 10.1 Å². The van der Waals surface area contributed by atoms with E-state index in [2.05, 4.69) is 5.16 Å². The molecule has 0 unspecified atom stereocenters. The lowest BCUT2D eigenvalue weighted by Crippen LogP contribution is -2.49. The number of piperazine rings is 1. The van der Waals surface area contributed by atoms with Crippen LogP contribution in [0.4, 0.5) is 11.4 Å². The first-order valence-corrected chi connectivity index (χ1v) is 10.3. The summed E-state index contributed by atoms with van der Waals surface area (Å²) in [6.45, 7) is 3.37. The van der Waals surface area contributed by atoms with E-state index in [0.29, 0.717) is 64.5 Å². The van der Waals surface area contributed by atoms with E-state index >= 15 is 0 Å². The third-order valence-electron chi connectivity index (χ3n) is 5.25. The molecule has 2 heterocycles. The highest BCUT2D eigenvalue weighted by Crippen LogP contribution is 2.34. The molecule has 8 nitrogen and oxygen atoms in total. The maximum Gasteiger partial charge on any atom is 0.294 e. The SMILES string of the molecule is Cc1onc(-c2ccccc2Cl)c1C(=O)N1CCN(c2ccc(Cl)cc2[N+](=O)[O-])CC1. The van der Waals surface area contributed by atoms with Crippen LogP contribution in [0.25, 0.3) is 11.3 Å². The van der Waals surface area contributed by atoms with Crippen molar-refractivity contribution in [2.24, 2.45) is 0 Å². The Bertz CT molecular complexity index is 1160. The minimum Gasteiger partial charge on any atom is -0.362 e. The number of benzene rings is 2. The molecule has 0 spiro atoms. The summed E-state index contributed by atoms with van der Waals surface area (Å²) >= 11 is 12.2. The molecule has 1 aliphatic heterocycles. The van der Waals surface area contributed by atoms with Gasteiger partial charge in [-0.15, -0.1) is 0 Å². The second-order valence-corrected chi connectivity index (χ2v) is 7.96. The highest BCUT2D eigenvalue weighted by atomic mass is 35.5. The molecule has 1 aromatic heterocycles. The molecule has 0 atom stereocenters. The number of nitro groups is 1. The Morgan fingerprint density at radius 2 is 1.84 bits per heavy atom. The third-order valence-corrected chi connectivity index (χ3v) is 5.81. The fourth-order valence-electron chi connectivity index (χ4n) is 3.68. The Labute approximate surface area is 188 Å². The van der Waals surface area contributed by atoms with E-state index in [9.17, 15) is 14.9 Å². The van der Waals surface area contributed by atoms with E-state index in [0.717, 1.165) is 0 Å². The summed E-state index contributed by atoms with van der Waals surface area (Å²) < 4.78 is 5.31. The highest BCUT2D eigenvalue weighted by Gasteiger charge is 2.30. The molecule has 31 heavy (non-hydrogen) atoms. The van der Waals surface area contributed by atoms with Gasteiger partial charge < -0.3 is 14.3 Å². The number of anilines is 1. The van der Waals surface area contributed by atoms with E-state index in [-0.39, 0.29) is 11.6 Å². The molecule has 0 aliphatic carbocycles. The van der Waals surface area contributed by atoms with E-state index in [1.54, 1.807) is 42.2 Å². The lowest BCUT2D eigenvalue weighted by Gasteiger charge is -2.35. The Kier molecular flexibility index (Phi) is 5.84. The zero-order chi connectivity index (χ0) is 22.1. The van der Waals surface area contributed by atoms with E-state index in [1.165, 1.54) is 6.07 Å². The Morgan fingerprint density at radius 1 is 1.13 bits per heavy atom. The van der Waals surface area contributed by atoms with Crippen LogP contribution in [0.2, 0.25) is 10.0 Å². The van der Waals surface area contributed by atoms with Crippen molar-refractivity contribution in [3.63, 3.8) is 0 Å². The summed E-state index contributed by atoms with van der Waals surface area (Å²) in [5.41, 5.74) is 1.84. The molecule has 4 rings (SSSR count). The predicted octanol–water partition coefficient (Wildman–Crippen LogP) is 4.83. The quantitative estimate of drug-likeness (QED) is 0.408. The van der Waals surface area contributed by atoms with Crippen LogP contribution < -0.4 is 4.90 Å². The molecule has 0 N–H and O–H groups in total. The minimum atomic E-state index is -0.449. The molecular formula is C21H18Cl2N4O4. The number of aryl methyl sites for hydroxylation is 1. The van der Waals surface area contributed by atoms with Crippen LogP contribution in [0.3, 0.4) is 0 Å². The number of halogens is 2. The van der Waals surface area contributed by atoms with Crippen LogP contribution >= 0.6 is 23.2 Å². The van der Waals surface area contributed by atoms with Gasteiger partial charge in [0.25, 0.3) is 11.6 Å². The summed E-state index contributed by atoms with van der Waals surface area (Å²) in [4.78, 5) is 27.8. The average Bonchev–Trinajstić information content (AvgIpc) is 3.14. The summed E-state index contributed by atoms with van der Waals surface area (Å²) in [7, 11) is 0. The van der Waals surface area contributed by atoms with Crippen molar-refractivity contribution >= 4 is 40.5 Å². The van der Waals surface area contributed by atoms with Gasteiger partial charge in [-0.1, -0.05) is 46.6 Å². The Morgan fingerprint density at radius 3 is 2.52 bits per heavy atom. The van der Waals surface area contributed by atoms with Gasteiger partial charge in [-0.3, -0.25) is 14.9 Å². The van der Waals surface area contributed by atoms with Gasteiger partial charge in [0.2, 0.25) is 0 Å². The minimum absolute atomic E-state index is 0.0526. The lowest BCUT2D eigenvalue weighted by molar-refractivity contribution is -0.384. The van der Waals surface area contributed by atoms with Crippen LogP contribution in [0.15, 0.2) is 47.0 Å². The molecule has 1 aliphatic rings. The molecule has 3 aromatic rings. The fraction of sp³-hybridized carbons (Fsp3) is 0.238. The number of carbonyl (C=O) groups is 1.